The van der Waals surface area contributed by atoms with Gasteiger partial charge in [-0.3, -0.25) is 14.9 Å². The van der Waals surface area contributed by atoms with E-state index in [0.717, 1.165) is 16.9 Å². The van der Waals surface area contributed by atoms with Gasteiger partial charge in [-0.1, -0.05) is 41.6 Å². The Labute approximate surface area is 120 Å². The van der Waals surface area contributed by atoms with Crippen LogP contribution in [-0.2, 0) is 4.79 Å². The molecule has 3 rings (SSSR count). The highest BCUT2D eigenvalue weighted by molar-refractivity contribution is 8.03. The van der Waals surface area contributed by atoms with Crippen LogP contribution in [0.15, 0.2) is 35.0 Å². The van der Waals surface area contributed by atoms with E-state index in [-0.39, 0.29) is 22.9 Å². The number of carbonyl (C=O) groups excluding carboxylic acids is 1. The number of fused-ring (bicyclic) bond motifs is 1. The minimum atomic E-state index is -0.435. The van der Waals surface area contributed by atoms with Gasteiger partial charge in [-0.2, -0.15) is 0 Å². The number of hydrogen-bond acceptors (Lipinski definition) is 4. The zero-order valence-corrected chi connectivity index (χ0v) is 11.9. The molecule has 0 spiro atoms. The van der Waals surface area contributed by atoms with Gasteiger partial charge in [0.2, 0.25) is 5.91 Å². The molecule has 0 bridgehead atoms. The Morgan fingerprint density at radius 3 is 2.70 bits per heavy atom. The van der Waals surface area contributed by atoms with Gasteiger partial charge in [-0.25, -0.2) is 0 Å². The van der Waals surface area contributed by atoms with Crippen LogP contribution >= 0.6 is 11.8 Å². The SMILES string of the molecule is Cc1ccc(C2CC(=O)N3CCSC3=C2[N+](=O)[O-])cc1. The van der Waals surface area contributed by atoms with E-state index in [4.69, 9.17) is 0 Å². The molecule has 1 unspecified atom stereocenters. The number of thioether (sulfide) groups is 1. The highest BCUT2D eigenvalue weighted by atomic mass is 32.2. The molecule has 1 atom stereocenters. The van der Waals surface area contributed by atoms with Crippen LogP contribution in [0.4, 0.5) is 0 Å². The fraction of sp³-hybridized carbons (Fsp3) is 0.357. The summed E-state index contributed by atoms with van der Waals surface area (Å²) in [6, 6.07) is 7.62. The molecule has 2 heterocycles. The lowest BCUT2D eigenvalue weighted by atomic mass is 9.89. The van der Waals surface area contributed by atoms with Crippen molar-refractivity contribution in [1.82, 2.24) is 4.90 Å². The molecule has 0 aliphatic carbocycles. The number of allylic oxidation sites excluding steroid dienone is 1. The van der Waals surface area contributed by atoms with Crippen molar-refractivity contribution >= 4 is 17.7 Å². The summed E-state index contributed by atoms with van der Waals surface area (Å²) in [4.78, 5) is 24.8. The van der Waals surface area contributed by atoms with Crippen LogP contribution in [0.2, 0.25) is 0 Å². The lowest BCUT2D eigenvalue weighted by Gasteiger charge is -2.27. The first-order valence-corrected chi connectivity index (χ1v) is 7.45. The molecule has 0 N–H and O–H groups in total. The molecule has 104 valence electrons. The van der Waals surface area contributed by atoms with Crippen molar-refractivity contribution in [3.8, 4) is 0 Å². The summed E-state index contributed by atoms with van der Waals surface area (Å²) in [6.07, 6.45) is 0.184. The Morgan fingerprint density at radius 1 is 1.35 bits per heavy atom. The van der Waals surface area contributed by atoms with E-state index in [1.54, 1.807) is 4.90 Å². The van der Waals surface area contributed by atoms with E-state index in [1.165, 1.54) is 11.8 Å². The van der Waals surface area contributed by atoms with Gasteiger partial charge in [-0.15, -0.1) is 0 Å². The van der Waals surface area contributed by atoms with Crippen LogP contribution in [0.5, 0.6) is 0 Å². The predicted molar refractivity (Wildman–Crippen MR) is 76.7 cm³/mol. The Bertz CT molecular complexity index is 609. The third-order valence-corrected chi connectivity index (χ3v) is 4.79. The number of nitrogens with zero attached hydrogens (tertiary/aromatic N) is 2. The van der Waals surface area contributed by atoms with E-state index >= 15 is 0 Å². The van der Waals surface area contributed by atoms with Crippen molar-refractivity contribution in [1.29, 1.82) is 0 Å². The van der Waals surface area contributed by atoms with Crippen molar-refractivity contribution in [2.24, 2.45) is 0 Å². The van der Waals surface area contributed by atoms with E-state index < -0.39 is 5.92 Å². The van der Waals surface area contributed by atoms with Gasteiger partial charge < -0.3 is 4.90 Å². The van der Waals surface area contributed by atoms with Crippen molar-refractivity contribution in [2.75, 3.05) is 12.3 Å². The number of carbonyl (C=O) groups is 1. The first-order chi connectivity index (χ1) is 9.58. The molecule has 1 aromatic rings. The molecule has 20 heavy (non-hydrogen) atoms. The lowest BCUT2D eigenvalue weighted by molar-refractivity contribution is -0.432. The first-order valence-electron chi connectivity index (χ1n) is 6.46. The third-order valence-electron chi connectivity index (χ3n) is 3.70. The summed E-state index contributed by atoms with van der Waals surface area (Å²) in [7, 11) is 0. The molecule has 1 amide bonds. The summed E-state index contributed by atoms with van der Waals surface area (Å²) >= 11 is 1.41. The molecule has 2 aliphatic heterocycles. The third kappa shape index (κ3) is 2.10. The smallest absolute Gasteiger partial charge is 0.284 e. The number of hydrogen-bond donors (Lipinski definition) is 0. The molecular formula is C14H14N2O3S. The second-order valence-electron chi connectivity index (χ2n) is 5.01. The van der Waals surface area contributed by atoms with E-state index in [0.29, 0.717) is 11.6 Å². The zero-order chi connectivity index (χ0) is 14.3. The van der Waals surface area contributed by atoms with Crippen LogP contribution in [0, 0.1) is 17.0 Å². The van der Waals surface area contributed by atoms with Gasteiger partial charge in [0, 0.05) is 18.7 Å². The maximum Gasteiger partial charge on any atom is 0.284 e. The van der Waals surface area contributed by atoms with Crippen LogP contribution in [0.3, 0.4) is 0 Å². The largest absolute Gasteiger partial charge is 0.301 e. The lowest BCUT2D eigenvalue weighted by Crippen LogP contribution is -2.35. The van der Waals surface area contributed by atoms with Crippen molar-refractivity contribution in [3.63, 3.8) is 0 Å². The Morgan fingerprint density at radius 2 is 2.05 bits per heavy atom. The van der Waals surface area contributed by atoms with Gasteiger partial charge in [-0.05, 0) is 12.5 Å². The topological polar surface area (TPSA) is 63.5 Å². The first kappa shape index (κ1) is 13.2. The molecule has 0 saturated carbocycles. The highest BCUT2D eigenvalue weighted by Crippen LogP contribution is 2.43. The maximum atomic E-state index is 12.2. The Hall–Kier alpha value is -1.82. The minimum Gasteiger partial charge on any atom is -0.301 e. The number of benzene rings is 1. The molecule has 0 radical (unpaired) electrons. The second-order valence-corrected chi connectivity index (χ2v) is 6.09. The van der Waals surface area contributed by atoms with Crippen LogP contribution < -0.4 is 0 Å². The molecule has 1 aromatic carbocycles. The standard InChI is InChI=1S/C14H14N2O3S/c1-9-2-4-10(5-3-9)11-8-12(17)15-6-7-20-14(15)13(11)16(18)19/h2-5,11H,6-8H2,1H3. The minimum absolute atomic E-state index is 0.0128. The average molecular weight is 290 g/mol. The summed E-state index contributed by atoms with van der Waals surface area (Å²) in [5.41, 5.74) is 2.12. The number of rotatable bonds is 2. The molecule has 1 saturated heterocycles. The molecule has 2 aliphatic rings. The second kappa shape index (κ2) is 4.94. The van der Waals surface area contributed by atoms with E-state index in [1.807, 2.05) is 31.2 Å². The molecule has 5 nitrogen and oxygen atoms in total. The Balaban J connectivity index is 2.09. The van der Waals surface area contributed by atoms with E-state index in [2.05, 4.69) is 0 Å². The highest BCUT2D eigenvalue weighted by Gasteiger charge is 2.43. The number of aryl methyl sites for hydroxylation is 1. The quantitative estimate of drug-likeness (QED) is 0.620. The monoisotopic (exact) mass is 290 g/mol. The summed E-state index contributed by atoms with van der Waals surface area (Å²) in [5, 5.41) is 12.0. The summed E-state index contributed by atoms with van der Waals surface area (Å²) in [5.74, 6) is 0.287. The zero-order valence-electron chi connectivity index (χ0n) is 11.0. The van der Waals surface area contributed by atoms with E-state index in [9.17, 15) is 14.9 Å². The fourth-order valence-corrected chi connectivity index (χ4v) is 3.85. The van der Waals surface area contributed by atoms with Gasteiger partial charge >= 0.3 is 0 Å². The molecular weight excluding hydrogens is 276 g/mol. The predicted octanol–water partition coefficient (Wildman–Crippen LogP) is 2.50. The van der Waals surface area contributed by atoms with Crippen LogP contribution in [0.25, 0.3) is 0 Å². The van der Waals surface area contributed by atoms with Crippen molar-refractivity contribution in [3.05, 3.63) is 56.2 Å². The normalized spacial score (nSPS) is 22.1. The van der Waals surface area contributed by atoms with Gasteiger partial charge in [0.1, 0.15) is 0 Å². The number of amides is 1. The summed E-state index contributed by atoms with van der Waals surface area (Å²) < 4.78 is 0. The van der Waals surface area contributed by atoms with Gasteiger partial charge in [0.25, 0.3) is 5.70 Å². The van der Waals surface area contributed by atoms with Gasteiger partial charge in [0.05, 0.1) is 10.8 Å². The maximum absolute atomic E-state index is 12.2. The van der Waals surface area contributed by atoms with Crippen molar-refractivity contribution < 1.29 is 9.72 Å². The van der Waals surface area contributed by atoms with Crippen molar-refractivity contribution in [2.45, 2.75) is 19.3 Å². The Kier molecular flexibility index (Phi) is 3.25. The molecule has 6 heteroatoms. The van der Waals surface area contributed by atoms with Crippen LogP contribution in [-0.4, -0.2) is 28.0 Å². The fourth-order valence-electron chi connectivity index (χ4n) is 2.67. The molecule has 1 fully saturated rings. The van der Waals surface area contributed by atoms with Crippen LogP contribution in [0.1, 0.15) is 23.5 Å². The van der Waals surface area contributed by atoms with Gasteiger partial charge in [0.15, 0.2) is 5.03 Å². The summed E-state index contributed by atoms with van der Waals surface area (Å²) in [6.45, 7) is 2.55. The molecule has 0 aromatic heterocycles. The average Bonchev–Trinajstić information content (AvgIpc) is 2.88. The number of nitro groups is 1.